The lowest BCUT2D eigenvalue weighted by Gasteiger charge is -2.21. The standard InChI is InChI=1S/C15H23NO/c1-3-5-10-16(11-12-17)13-15-8-6-14(4-2)7-9-15/h4,6-9,17H,2-3,5,10-13H2,1H3. The number of nitrogens with zero attached hydrogens (tertiary/aromatic N) is 1. The number of benzene rings is 1. The van der Waals surface area contributed by atoms with E-state index in [0.717, 1.165) is 25.2 Å². The molecule has 0 bridgehead atoms. The molecular formula is C15H23NO. The van der Waals surface area contributed by atoms with Gasteiger partial charge in [0.2, 0.25) is 0 Å². The third-order valence-electron chi connectivity index (χ3n) is 2.87. The van der Waals surface area contributed by atoms with Gasteiger partial charge in [-0.05, 0) is 24.1 Å². The predicted molar refractivity (Wildman–Crippen MR) is 73.8 cm³/mol. The number of hydrogen-bond donors (Lipinski definition) is 1. The monoisotopic (exact) mass is 233 g/mol. The van der Waals surface area contributed by atoms with Crippen molar-refractivity contribution >= 4 is 6.08 Å². The van der Waals surface area contributed by atoms with Crippen LogP contribution in [0.5, 0.6) is 0 Å². The van der Waals surface area contributed by atoms with Crippen molar-refractivity contribution in [3.05, 3.63) is 42.0 Å². The SMILES string of the molecule is C=Cc1ccc(CN(CCO)CCCC)cc1. The average molecular weight is 233 g/mol. The van der Waals surface area contributed by atoms with Crippen LogP contribution in [0.2, 0.25) is 0 Å². The second kappa shape index (κ2) is 8.04. The van der Waals surface area contributed by atoms with E-state index in [4.69, 9.17) is 5.11 Å². The molecule has 0 radical (unpaired) electrons. The van der Waals surface area contributed by atoms with Gasteiger partial charge in [0.05, 0.1) is 6.61 Å². The molecule has 0 aliphatic rings. The fourth-order valence-electron chi connectivity index (χ4n) is 1.81. The Balaban J connectivity index is 2.54. The summed E-state index contributed by atoms with van der Waals surface area (Å²) in [6.45, 7) is 8.89. The maximum atomic E-state index is 9.04. The molecule has 17 heavy (non-hydrogen) atoms. The molecule has 1 rings (SSSR count). The quantitative estimate of drug-likeness (QED) is 0.746. The van der Waals surface area contributed by atoms with Gasteiger partial charge < -0.3 is 5.11 Å². The van der Waals surface area contributed by atoms with Crippen LogP contribution in [0.3, 0.4) is 0 Å². The first-order valence-electron chi connectivity index (χ1n) is 6.34. The number of rotatable bonds is 8. The number of aliphatic hydroxyl groups is 1. The van der Waals surface area contributed by atoms with E-state index < -0.39 is 0 Å². The molecule has 0 aliphatic heterocycles. The van der Waals surface area contributed by atoms with Gasteiger partial charge in [0.1, 0.15) is 0 Å². The van der Waals surface area contributed by atoms with Gasteiger partial charge in [-0.15, -0.1) is 0 Å². The second-order valence-electron chi connectivity index (χ2n) is 4.30. The van der Waals surface area contributed by atoms with Crippen molar-refractivity contribution in [2.75, 3.05) is 19.7 Å². The maximum absolute atomic E-state index is 9.04. The molecule has 0 aromatic heterocycles. The molecule has 0 fully saturated rings. The van der Waals surface area contributed by atoms with Gasteiger partial charge >= 0.3 is 0 Å². The Morgan fingerprint density at radius 2 is 1.94 bits per heavy atom. The summed E-state index contributed by atoms with van der Waals surface area (Å²) in [5, 5.41) is 9.04. The molecule has 2 heteroatoms. The Kier molecular flexibility index (Phi) is 6.60. The molecule has 1 aromatic rings. The summed E-state index contributed by atoms with van der Waals surface area (Å²) < 4.78 is 0. The first kappa shape index (κ1) is 13.9. The van der Waals surface area contributed by atoms with Crippen LogP contribution in [0.15, 0.2) is 30.8 Å². The fourth-order valence-corrected chi connectivity index (χ4v) is 1.81. The van der Waals surface area contributed by atoms with E-state index in [2.05, 4.69) is 42.7 Å². The lowest BCUT2D eigenvalue weighted by molar-refractivity contribution is 0.188. The number of hydrogen-bond acceptors (Lipinski definition) is 2. The van der Waals surface area contributed by atoms with E-state index in [1.807, 2.05) is 6.08 Å². The minimum absolute atomic E-state index is 0.231. The molecule has 0 amide bonds. The largest absolute Gasteiger partial charge is 0.395 e. The van der Waals surface area contributed by atoms with Crippen LogP contribution in [-0.2, 0) is 6.54 Å². The van der Waals surface area contributed by atoms with Crippen LogP contribution in [0, 0.1) is 0 Å². The van der Waals surface area contributed by atoms with Crippen LogP contribution in [0.25, 0.3) is 6.08 Å². The lowest BCUT2D eigenvalue weighted by Crippen LogP contribution is -2.27. The summed E-state index contributed by atoms with van der Waals surface area (Å²) in [7, 11) is 0. The van der Waals surface area contributed by atoms with E-state index in [9.17, 15) is 0 Å². The summed E-state index contributed by atoms with van der Waals surface area (Å²) in [5.41, 5.74) is 2.44. The normalized spacial score (nSPS) is 10.8. The maximum Gasteiger partial charge on any atom is 0.0558 e. The van der Waals surface area contributed by atoms with Gasteiger partial charge in [-0.2, -0.15) is 0 Å². The third kappa shape index (κ3) is 5.16. The molecule has 0 saturated carbocycles. The Bertz CT molecular complexity index is 318. The molecule has 0 spiro atoms. The van der Waals surface area contributed by atoms with Crippen molar-refractivity contribution in [2.24, 2.45) is 0 Å². The summed E-state index contributed by atoms with van der Waals surface area (Å²) >= 11 is 0. The Morgan fingerprint density at radius 1 is 1.24 bits per heavy atom. The van der Waals surface area contributed by atoms with Crippen molar-refractivity contribution in [1.29, 1.82) is 0 Å². The Morgan fingerprint density at radius 3 is 2.47 bits per heavy atom. The molecule has 0 heterocycles. The molecule has 94 valence electrons. The second-order valence-corrected chi connectivity index (χ2v) is 4.30. The van der Waals surface area contributed by atoms with Crippen LogP contribution in [0.1, 0.15) is 30.9 Å². The highest BCUT2D eigenvalue weighted by Gasteiger charge is 2.04. The molecule has 1 aromatic carbocycles. The van der Waals surface area contributed by atoms with Crippen molar-refractivity contribution in [2.45, 2.75) is 26.3 Å². The molecule has 0 aliphatic carbocycles. The Labute approximate surface area is 105 Å². The zero-order valence-corrected chi connectivity index (χ0v) is 10.7. The number of aliphatic hydroxyl groups excluding tert-OH is 1. The summed E-state index contributed by atoms with van der Waals surface area (Å²) in [6, 6.07) is 8.43. The van der Waals surface area contributed by atoms with E-state index in [-0.39, 0.29) is 6.61 Å². The average Bonchev–Trinajstić information content (AvgIpc) is 2.37. The molecule has 0 atom stereocenters. The molecule has 0 saturated heterocycles. The molecule has 2 nitrogen and oxygen atoms in total. The first-order valence-corrected chi connectivity index (χ1v) is 6.34. The topological polar surface area (TPSA) is 23.5 Å². The van der Waals surface area contributed by atoms with Crippen LogP contribution < -0.4 is 0 Å². The highest BCUT2D eigenvalue weighted by molar-refractivity contribution is 5.47. The zero-order chi connectivity index (χ0) is 12.5. The summed E-state index contributed by atoms with van der Waals surface area (Å²) in [4.78, 5) is 2.30. The summed E-state index contributed by atoms with van der Waals surface area (Å²) in [6.07, 6.45) is 4.23. The molecular weight excluding hydrogens is 210 g/mol. The predicted octanol–water partition coefficient (Wildman–Crippen LogP) is 2.92. The van der Waals surface area contributed by atoms with Crippen LogP contribution in [-0.4, -0.2) is 29.7 Å². The van der Waals surface area contributed by atoms with Crippen LogP contribution >= 0.6 is 0 Å². The van der Waals surface area contributed by atoms with Crippen molar-refractivity contribution in [3.8, 4) is 0 Å². The Hall–Kier alpha value is -1.12. The van der Waals surface area contributed by atoms with Gasteiger partial charge in [0.25, 0.3) is 0 Å². The highest BCUT2D eigenvalue weighted by atomic mass is 16.3. The van der Waals surface area contributed by atoms with Gasteiger partial charge in [0, 0.05) is 13.1 Å². The van der Waals surface area contributed by atoms with Crippen molar-refractivity contribution in [3.63, 3.8) is 0 Å². The highest BCUT2D eigenvalue weighted by Crippen LogP contribution is 2.09. The third-order valence-corrected chi connectivity index (χ3v) is 2.87. The summed E-state index contributed by atoms with van der Waals surface area (Å²) in [5.74, 6) is 0. The smallest absolute Gasteiger partial charge is 0.0558 e. The minimum Gasteiger partial charge on any atom is -0.395 e. The van der Waals surface area contributed by atoms with Gasteiger partial charge in [-0.3, -0.25) is 4.90 Å². The minimum atomic E-state index is 0.231. The fraction of sp³-hybridized carbons (Fsp3) is 0.467. The van der Waals surface area contributed by atoms with Gasteiger partial charge in [-0.25, -0.2) is 0 Å². The van der Waals surface area contributed by atoms with Crippen molar-refractivity contribution in [1.82, 2.24) is 4.90 Å². The van der Waals surface area contributed by atoms with Crippen LogP contribution in [0.4, 0.5) is 0 Å². The van der Waals surface area contributed by atoms with Gasteiger partial charge in [0.15, 0.2) is 0 Å². The first-order chi connectivity index (χ1) is 8.30. The molecule has 0 unspecified atom stereocenters. The molecule has 1 N–H and O–H groups in total. The van der Waals surface area contributed by atoms with E-state index >= 15 is 0 Å². The van der Waals surface area contributed by atoms with E-state index in [1.54, 1.807) is 0 Å². The number of unbranched alkanes of at least 4 members (excludes halogenated alkanes) is 1. The van der Waals surface area contributed by atoms with E-state index in [1.165, 1.54) is 18.4 Å². The van der Waals surface area contributed by atoms with Gasteiger partial charge in [-0.1, -0.05) is 50.3 Å². The van der Waals surface area contributed by atoms with Crippen molar-refractivity contribution < 1.29 is 5.11 Å². The lowest BCUT2D eigenvalue weighted by atomic mass is 10.1. The van der Waals surface area contributed by atoms with E-state index in [0.29, 0.717) is 0 Å². The zero-order valence-electron chi connectivity index (χ0n) is 10.7.